The third kappa shape index (κ3) is 2.10. The molecule has 0 aliphatic carbocycles. The highest BCUT2D eigenvalue weighted by atomic mass is 16.5. The van der Waals surface area contributed by atoms with Crippen LogP contribution < -0.4 is 0 Å². The standard InChI is InChI=1S/C14H20N2O/c1-15-8-12-9-16(2)14(13(10-15)17-12)11-6-4-3-5-7-11/h3-7,12-14H,8-10H2,1-2H3/t12-,13+,14-/m0/s1. The molecule has 3 heteroatoms. The second kappa shape index (κ2) is 4.41. The van der Waals surface area contributed by atoms with E-state index in [-0.39, 0.29) is 0 Å². The third-order valence-corrected chi connectivity index (χ3v) is 3.83. The van der Waals surface area contributed by atoms with Crippen molar-refractivity contribution in [2.75, 3.05) is 33.7 Å². The summed E-state index contributed by atoms with van der Waals surface area (Å²) in [7, 11) is 4.40. The van der Waals surface area contributed by atoms with Crippen LogP contribution in [0.25, 0.3) is 0 Å². The SMILES string of the molecule is CN1C[C@H]2CN(C)[C@@H](c3ccccc3)[C@@H](C1)O2. The maximum absolute atomic E-state index is 6.15. The van der Waals surface area contributed by atoms with Gasteiger partial charge >= 0.3 is 0 Å². The van der Waals surface area contributed by atoms with Crippen LogP contribution in [-0.2, 0) is 4.74 Å². The molecule has 0 radical (unpaired) electrons. The molecular formula is C14H20N2O. The quantitative estimate of drug-likeness (QED) is 0.727. The van der Waals surface area contributed by atoms with Crippen molar-refractivity contribution >= 4 is 0 Å². The number of rotatable bonds is 1. The Morgan fingerprint density at radius 1 is 1.06 bits per heavy atom. The summed E-state index contributed by atoms with van der Waals surface area (Å²) >= 11 is 0. The Kier molecular flexibility index (Phi) is 2.90. The van der Waals surface area contributed by atoms with Gasteiger partial charge in [0, 0.05) is 19.6 Å². The van der Waals surface area contributed by atoms with Crippen molar-refractivity contribution in [1.82, 2.24) is 9.80 Å². The first-order valence-electron chi connectivity index (χ1n) is 6.33. The highest BCUT2D eigenvalue weighted by Crippen LogP contribution is 2.33. The molecule has 1 aromatic carbocycles. The molecule has 0 saturated carbocycles. The van der Waals surface area contributed by atoms with Crippen molar-refractivity contribution in [1.29, 1.82) is 0 Å². The third-order valence-electron chi connectivity index (χ3n) is 3.83. The average molecular weight is 232 g/mol. The van der Waals surface area contributed by atoms with Crippen LogP contribution in [0.3, 0.4) is 0 Å². The fraction of sp³-hybridized carbons (Fsp3) is 0.571. The van der Waals surface area contributed by atoms with Crippen LogP contribution in [0.15, 0.2) is 30.3 Å². The zero-order valence-electron chi connectivity index (χ0n) is 10.5. The number of ether oxygens (including phenoxy) is 1. The molecule has 92 valence electrons. The smallest absolute Gasteiger partial charge is 0.0903 e. The van der Waals surface area contributed by atoms with Crippen LogP contribution in [-0.4, -0.2) is 55.7 Å². The van der Waals surface area contributed by atoms with Gasteiger partial charge in [-0.2, -0.15) is 0 Å². The molecule has 3 rings (SSSR count). The van der Waals surface area contributed by atoms with E-state index in [1.165, 1.54) is 5.56 Å². The van der Waals surface area contributed by atoms with Gasteiger partial charge in [0.15, 0.2) is 0 Å². The van der Waals surface area contributed by atoms with E-state index < -0.39 is 0 Å². The second-order valence-electron chi connectivity index (χ2n) is 5.31. The predicted molar refractivity (Wildman–Crippen MR) is 68.0 cm³/mol. The Morgan fingerprint density at radius 2 is 1.82 bits per heavy atom. The summed E-state index contributed by atoms with van der Waals surface area (Å²) in [4.78, 5) is 4.84. The summed E-state index contributed by atoms with van der Waals surface area (Å²) < 4.78 is 6.15. The van der Waals surface area contributed by atoms with E-state index in [1.807, 2.05) is 0 Å². The van der Waals surface area contributed by atoms with Crippen LogP contribution in [0.2, 0.25) is 0 Å². The number of hydrogen-bond donors (Lipinski definition) is 0. The van der Waals surface area contributed by atoms with E-state index in [1.54, 1.807) is 0 Å². The van der Waals surface area contributed by atoms with Crippen molar-refractivity contribution in [2.45, 2.75) is 18.2 Å². The molecule has 3 atom stereocenters. The fourth-order valence-electron chi connectivity index (χ4n) is 3.18. The molecule has 1 aromatic rings. The monoisotopic (exact) mass is 232 g/mol. The second-order valence-corrected chi connectivity index (χ2v) is 5.31. The molecule has 0 N–H and O–H groups in total. The lowest BCUT2D eigenvalue weighted by Crippen LogP contribution is -2.58. The van der Waals surface area contributed by atoms with Gasteiger partial charge in [0.05, 0.1) is 18.2 Å². The first kappa shape index (κ1) is 11.2. The van der Waals surface area contributed by atoms with Gasteiger partial charge in [-0.15, -0.1) is 0 Å². The van der Waals surface area contributed by atoms with Gasteiger partial charge in [-0.1, -0.05) is 30.3 Å². The Bertz CT molecular complexity index is 377. The summed E-state index contributed by atoms with van der Waals surface area (Å²) in [6.45, 7) is 3.11. The molecular weight excluding hydrogens is 212 g/mol. The first-order valence-corrected chi connectivity index (χ1v) is 6.33. The molecule has 2 saturated heterocycles. The van der Waals surface area contributed by atoms with Crippen LogP contribution in [0, 0.1) is 0 Å². The van der Waals surface area contributed by atoms with Gasteiger partial charge in [0.1, 0.15) is 0 Å². The lowest BCUT2D eigenvalue weighted by atomic mass is 9.95. The van der Waals surface area contributed by atoms with Gasteiger partial charge in [-0.3, -0.25) is 4.90 Å². The zero-order chi connectivity index (χ0) is 11.8. The normalized spacial score (nSPS) is 34.8. The molecule has 0 unspecified atom stereocenters. The van der Waals surface area contributed by atoms with Crippen LogP contribution >= 0.6 is 0 Å². The first-order chi connectivity index (χ1) is 8.24. The van der Waals surface area contributed by atoms with E-state index in [4.69, 9.17) is 4.74 Å². The summed E-state index contributed by atoms with van der Waals surface area (Å²) in [6, 6.07) is 11.1. The van der Waals surface area contributed by atoms with Gasteiger partial charge in [-0.25, -0.2) is 0 Å². The topological polar surface area (TPSA) is 15.7 Å². The van der Waals surface area contributed by atoms with Crippen molar-refractivity contribution in [2.24, 2.45) is 0 Å². The molecule has 17 heavy (non-hydrogen) atoms. The minimum absolute atomic E-state index is 0.305. The van der Waals surface area contributed by atoms with E-state index >= 15 is 0 Å². The lowest BCUT2D eigenvalue weighted by molar-refractivity contribution is -0.158. The fourth-order valence-corrected chi connectivity index (χ4v) is 3.18. The molecule has 3 nitrogen and oxygen atoms in total. The van der Waals surface area contributed by atoms with Gasteiger partial charge in [0.2, 0.25) is 0 Å². The predicted octanol–water partition coefficient (Wildman–Crippen LogP) is 1.37. The molecule has 2 bridgehead atoms. The largest absolute Gasteiger partial charge is 0.369 e. The lowest BCUT2D eigenvalue weighted by Gasteiger charge is -2.48. The van der Waals surface area contributed by atoms with Crippen molar-refractivity contribution < 1.29 is 4.74 Å². The molecule has 2 heterocycles. The summed E-state index contributed by atoms with van der Waals surface area (Å²) in [5.41, 5.74) is 1.37. The number of likely N-dealkylation sites (N-methyl/N-ethyl adjacent to an activating group) is 2. The van der Waals surface area contributed by atoms with Crippen molar-refractivity contribution in [3.05, 3.63) is 35.9 Å². The van der Waals surface area contributed by atoms with Gasteiger partial charge in [-0.05, 0) is 19.7 Å². The maximum Gasteiger partial charge on any atom is 0.0903 e. The van der Waals surface area contributed by atoms with E-state index in [2.05, 4.69) is 54.2 Å². The zero-order valence-corrected chi connectivity index (χ0v) is 10.5. The van der Waals surface area contributed by atoms with Crippen molar-refractivity contribution in [3.8, 4) is 0 Å². The van der Waals surface area contributed by atoms with Crippen LogP contribution in [0.4, 0.5) is 0 Å². The molecule has 2 fully saturated rings. The minimum Gasteiger partial charge on any atom is -0.369 e. The molecule has 0 spiro atoms. The van der Waals surface area contributed by atoms with E-state index in [0.29, 0.717) is 18.2 Å². The number of morpholine rings is 2. The highest BCUT2D eigenvalue weighted by molar-refractivity contribution is 5.21. The summed E-state index contributed by atoms with van der Waals surface area (Å²) in [5.74, 6) is 0. The van der Waals surface area contributed by atoms with Crippen molar-refractivity contribution in [3.63, 3.8) is 0 Å². The van der Waals surface area contributed by atoms with E-state index in [0.717, 1.165) is 19.6 Å². The Hall–Kier alpha value is -0.900. The molecule has 0 aromatic heterocycles. The Balaban J connectivity index is 1.88. The highest BCUT2D eigenvalue weighted by Gasteiger charge is 2.39. The Labute approximate surface area is 103 Å². The van der Waals surface area contributed by atoms with Gasteiger partial charge < -0.3 is 9.64 Å². The van der Waals surface area contributed by atoms with Gasteiger partial charge in [0.25, 0.3) is 0 Å². The minimum atomic E-state index is 0.305. The number of fused-ring (bicyclic) bond motifs is 2. The Morgan fingerprint density at radius 3 is 2.59 bits per heavy atom. The maximum atomic E-state index is 6.15. The number of nitrogens with zero attached hydrogens (tertiary/aromatic N) is 2. The van der Waals surface area contributed by atoms with Crippen LogP contribution in [0.1, 0.15) is 11.6 Å². The van der Waals surface area contributed by atoms with E-state index in [9.17, 15) is 0 Å². The summed E-state index contributed by atoms with van der Waals surface area (Å²) in [6.07, 6.45) is 0.684. The molecule has 2 aliphatic heterocycles. The number of benzene rings is 1. The molecule has 0 amide bonds. The molecule has 2 aliphatic rings. The van der Waals surface area contributed by atoms with Crippen LogP contribution in [0.5, 0.6) is 0 Å². The summed E-state index contributed by atoms with van der Waals surface area (Å²) in [5, 5.41) is 0. The average Bonchev–Trinajstić information content (AvgIpc) is 2.28. The number of hydrogen-bond acceptors (Lipinski definition) is 3.